The number of benzene rings is 1. The second kappa shape index (κ2) is 8.07. The summed E-state index contributed by atoms with van der Waals surface area (Å²) in [6.07, 6.45) is 1.87. The van der Waals surface area contributed by atoms with Crippen LogP contribution in [-0.2, 0) is 16.1 Å². The minimum atomic E-state index is -0.693. The number of furan rings is 1. The van der Waals surface area contributed by atoms with E-state index in [-0.39, 0.29) is 31.2 Å². The summed E-state index contributed by atoms with van der Waals surface area (Å²) in [4.78, 5) is 37.6. The van der Waals surface area contributed by atoms with Crippen LogP contribution in [0.5, 0.6) is 0 Å². The minimum absolute atomic E-state index is 0.0859. The van der Waals surface area contributed by atoms with E-state index >= 15 is 0 Å². The molecule has 0 spiro atoms. The Morgan fingerprint density at radius 2 is 1.96 bits per heavy atom. The molecule has 2 aromatic rings. The molecule has 0 bridgehead atoms. The normalized spacial score (nSPS) is 16.7. The van der Waals surface area contributed by atoms with Gasteiger partial charge in [0, 0.05) is 12.1 Å². The van der Waals surface area contributed by atoms with Gasteiger partial charge in [0.2, 0.25) is 5.91 Å². The molecule has 27 heavy (non-hydrogen) atoms. The molecular formula is C20H23N3O4. The quantitative estimate of drug-likeness (QED) is 0.733. The van der Waals surface area contributed by atoms with Gasteiger partial charge >= 0.3 is 6.03 Å². The fraction of sp³-hybridized carbons (Fsp3) is 0.350. The maximum atomic E-state index is 12.4. The van der Waals surface area contributed by atoms with E-state index in [1.807, 2.05) is 24.3 Å². The van der Waals surface area contributed by atoms with Crippen LogP contribution in [0.3, 0.4) is 0 Å². The zero-order valence-corrected chi connectivity index (χ0v) is 15.4. The zero-order valence-electron chi connectivity index (χ0n) is 15.4. The summed E-state index contributed by atoms with van der Waals surface area (Å²) >= 11 is 0. The van der Waals surface area contributed by atoms with Crippen LogP contribution < -0.4 is 10.6 Å². The predicted molar refractivity (Wildman–Crippen MR) is 100.0 cm³/mol. The van der Waals surface area contributed by atoms with Gasteiger partial charge in [0.1, 0.15) is 11.8 Å². The maximum absolute atomic E-state index is 12.4. The van der Waals surface area contributed by atoms with E-state index in [1.54, 1.807) is 12.1 Å². The van der Waals surface area contributed by atoms with Crippen molar-refractivity contribution in [1.82, 2.24) is 10.2 Å². The Kier molecular flexibility index (Phi) is 5.59. The van der Waals surface area contributed by atoms with Gasteiger partial charge in [-0.15, -0.1) is 0 Å². The topological polar surface area (TPSA) is 91.7 Å². The van der Waals surface area contributed by atoms with Crippen molar-refractivity contribution in [3.8, 4) is 0 Å². The van der Waals surface area contributed by atoms with Crippen molar-refractivity contribution >= 4 is 23.5 Å². The van der Waals surface area contributed by atoms with Crippen LogP contribution in [0, 0.1) is 0 Å². The van der Waals surface area contributed by atoms with Crippen LogP contribution in [0.2, 0.25) is 0 Å². The van der Waals surface area contributed by atoms with Gasteiger partial charge in [-0.25, -0.2) is 4.79 Å². The second-order valence-electron chi connectivity index (χ2n) is 6.87. The van der Waals surface area contributed by atoms with Crippen molar-refractivity contribution in [2.45, 2.75) is 45.2 Å². The Bertz CT molecular complexity index is 812. The lowest BCUT2D eigenvalue weighted by Gasteiger charge is -2.11. The molecule has 1 aliphatic heterocycles. The summed E-state index contributed by atoms with van der Waals surface area (Å²) in [5.74, 6) is 0.418. The van der Waals surface area contributed by atoms with Crippen molar-refractivity contribution in [2.75, 3.05) is 5.32 Å². The van der Waals surface area contributed by atoms with E-state index in [9.17, 15) is 14.4 Å². The molecule has 1 aromatic heterocycles. The van der Waals surface area contributed by atoms with Crippen LogP contribution in [0.15, 0.2) is 47.1 Å². The molecule has 1 saturated heterocycles. The number of carbonyl (C=O) groups excluding carboxylic acids is 3. The molecule has 0 radical (unpaired) electrons. The molecule has 1 fully saturated rings. The Labute approximate surface area is 157 Å². The number of nitrogens with one attached hydrogen (secondary N) is 2. The van der Waals surface area contributed by atoms with Crippen LogP contribution >= 0.6 is 0 Å². The number of anilines is 1. The van der Waals surface area contributed by atoms with Gasteiger partial charge in [-0.1, -0.05) is 26.0 Å². The van der Waals surface area contributed by atoms with Crippen LogP contribution in [0.4, 0.5) is 10.5 Å². The van der Waals surface area contributed by atoms with Crippen molar-refractivity contribution in [3.05, 3.63) is 54.0 Å². The molecule has 4 amide bonds. The molecule has 7 nitrogen and oxygen atoms in total. The SMILES string of the molecule is CC(C)c1ccc(NC(=O)CCC2NC(=O)N(Cc3ccco3)C2=O)cc1. The highest BCUT2D eigenvalue weighted by Gasteiger charge is 2.38. The third-order valence-electron chi connectivity index (χ3n) is 4.52. The number of nitrogens with zero attached hydrogens (tertiary/aromatic N) is 1. The third kappa shape index (κ3) is 4.55. The molecule has 1 unspecified atom stereocenters. The van der Waals surface area contributed by atoms with Gasteiger partial charge in [-0.3, -0.25) is 14.5 Å². The molecule has 0 saturated carbocycles. The predicted octanol–water partition coefficient (Wildman–Crippen LogP) is 3.24. The summed E-state index contributed by atoms with van der Waals surface area (Å²) in [5.41, 5.74) is 1.91. The average Bonchev–Trinajstić information content (AvgIpc) is 3.24. The highest BCUT2D eigenvalue weighted by molar-refractivity contribution is 6.04. The lowest BCUT2D eigenvalue weighted by molar-refractivity contribution is -0.128. The zero-order chi connectivity index (χ0) is 19.4. The monoisotopic (exact) mass is 369 g/mol. The number of urea groups is 1. The van der Waals surface area contributed by atoms with Crippen molar-refractivity contribution in [3.63, 3.8) is 0 Å². The fourth-order valence-corrected chi connectivity index (χ4v) is 2.93. The van der Waals surface area contributed by atoms with E-state index < -0.39 is 12.1 Å². The molecule has 2 heterocycles. The van der Waals surface area contributed by atoms with Crippen LogP contribution in [-0.4, -0.2) is 28.8 Å². The third-order valence-corrected chi connectivity index (χ3v) is 4.52. The minimum Gasteiger partial charge on any atom is -0.467 e. The Balaban J connectivity index is 1.50. The first-order valence-corrected chi connectivity index (χ1v) is 8.98. The molecule has 0 aliphatic carbocycles. The first-order valence-electron chi connectivity index (χ1n) is 8.98. The summed E-state index contributed by atoms with van der Waals surface area (Å²) in [6.45, 7) is 4.30. The highest BCUT2D eigenvalue weighted by atomic mass is 16.3. The molecule has 142 valence electrons. The Morgan fingerprint density at radius 1 is 1.22 bits per heavy atom. The Hall–Kier alpha value is -3.09. The van der Waals surface area contributed by atoms with E-state index in [0.717, 1.165) is 4.90 Å². The number of carbonyl (C=O) groups is 3. The van der Waals surface area contributed by atoms with Crippen LogP contribution in [0.25, 0.3) is 0 Å². The molecule has 1 aliphatic rings. The van der Waals surface area contributed by atoms with E-state index in [0.29, 0.717) is 17.4 Å². The lowest BCUT2D eigenvalue weighted by atomic mass is 10.0. The average molecular weight is 369 g/mol. The maximum Gasteiger partial charge on any atom is 0.325 e. The largest absolute Gasteiger partial charge is 0.467 e. The van der Waals surface area contributed by atoms with E-state index in [4.69, 9.17) is 4.42 Å². The number of amides is 4. The van der Waals surface area contributed by atoms with Gasteiger partial charge in [0.15, 0.2) is 0 Å². The summed E-state index contributed by atoms with van der Waals surface area (Å²) in [6, 6.07) is 9.92. The van der Waals surface area contributed by atoms with Gasteiger partial charge in [0.05, 0.1) is 12.8 Å². The molecule has 3 rings (SSSR count). The van der Waals surface area contributed by atoms with Crippen LogP contribution in [0.1, 0.15) is 43.9 Å². The van der Waals surface area contributed by atoms with Crippen molar-refractivity contribution in [1.29, 1.82) is 0 Å². The molecule has 1 aromatic carbocycles. The van der Waals surface area contributed by atoms with Crippen molar-refractivity contribution < 1.29 is 18.8 Å². The molecular weight excluding hydrogens is 346 g/mol. The number of hydrogen-bond acceptors (Lipinski definition) is 4. The highest BCUT2D eigenvalue weighted by Crippen LogP contribution is 2.18. The summed E-state index contributed by atoms with van der Waals surface area (Å²) in [5, 5.41) is 5.44. The molecule has 2 N–H and O–H groups in total. The standard InChI is InChI=1S/C20H23N3O4/c1-13(2)14-5-7-15(8-6-14)21-18(24)10-9-17-19(25)23(20(26)22-17)12-16-4-3-11-27-16/h3-8,11,13,17H,9-10,12H2,1-2H3,(H,21,24)(H,22,26). The van der Waals surface area contributed by atoms with Gasteiger partial charge < -0.3 is 15.1 Å². The first kappa shape index (κ1) is 18.7. The first-order chi connectivity index (χ1) is 12.9. The summed E-state index contributed by atoms with van der Waals surface area (Å²) < 4.78 is 5.18. The van der Waals surface area contributed by atoms with Gasteiger partial charge in [-0.2, -0.15) is 0 Å². The lowest BCUT2D eigenvalue weighted by Crippen LogP contribution is -2.31. The second-order valence-corrected chi connectivity index (χ2v) is 6.87. The molecule has 1 atom stereocenters. The van der Waals surface area contributed by atoms with E-state index in [1.165, 1.54) is 11.8 Å². The van der Waals surface area contributed by atoms with Gasteiger partial charge in [-0.05, 0) is 42.2 Å². The van der Waals surface area contributed by atoms with Gasteiger partial charge in [0.25, 0.3) is 5.91 Å². The fourth-order valence-electron chi connectivity index (χ4n) is 2.93. The summed E-state index contributed by atoms with van der Waals surface area (Å²) in [7, 11) is 0. The van der Waals surface area contributed by atoms with Crippen molar-refractivity contribution in [2.24, 2.45) is 0 Å². The number of rotatable bonds is 7. The smallest absolute Gasteiger partial charge is 0.325 e. The number of imide groups is 1. The van der Waals surface area contributed by atoms with E-state index in [2.05, 4.69) is 24.5 Å². The molecule has 7 heteroatoms. The Morgan fingerprint density at radius 3 is 2.59 bits per heavy atom. The number of hydrogen-bond donors (Lipinski definition) is 2.